The van der Waals surface area contributed by atoms with Crippen molar-refractivity contribution in [1.29, 1.82) is 0 Å². The van der Waals surface area contributed by atoms with Gasteiger partial charge in [0.1, 0.15) is 22.9 Å². The molecule has 0 saturated heterocycles. The molecule has 62 heavy (non-hydrogen) atoms. The molecule has 20 nitrogen and oxygen atoms in total. The van der Waals surface area contributed by atoms with Crippen molar-refractivity contribution in [2.24, 2.45) is 0 Å². The predicted octanol–water partition coefficient (Wildman–Crippen LogP) is 3.85. The van der Waals surface area contributed by atoms with Gasteiger partial charge in [0.15, 0.2) is 0 Å². The van der Waals surface area contributed by atoms with E-state index >= 15 is 0 Å². The van der Waals surface area contributed by atoms with Crippen LogP contribution < -0.4 is 26.8 Å². The molecule has 1 rings (SSSR count). The van der Waals surface area contributed by atoms with Gasteiger partial charge in [0.05, 0.1) is 0 Å². The van der Waals surface area contributed by atoms with Gasteiger partial charge in [0.25, 0.3) is 10.9 Å². The van der Waals surface area contributed by atoms with Crippen molar-refractivity contribution in [2.75, 3.05) is 56.4 Å². The van der Waals surface area contributed by atoms with Crippen LogP contribution in [0.4, 0.5) is 11.4 Å². The molecule has 0 heterocycles. The molecule has 0 atom stereocenters. The largest absolute Gasteiger partial charge is 0.380 e. The summed E-state index contributed by atoms with van der Waals surface area (Å²) < 4.78 is 0. The number of carbonyl (C=O) groups is 7. The molecule has 0 saturated carbocycles. The summed E-state index contributed by atoms with van der Waals surface area (Å²) in [4.78, 5) is 107. The van der Waals surface area contributed by atoms with E-state index in [2.05, 4.69) is 16.0 Å². The van der Waals surface area contributed by atoms with E-state index in [1.165, 1.54) is 6.92 Å². The summed E-state index contributed by atoms with van der Waals surface area (Å²) in [5.41, 5.74) is -0.468. The second-order valence-corrected chi connectivity index (χ2v) is 15.4. The zero-order valence-electron chi connectivity index (χ0n) is 36.8. The Morgan fingerprint density at radius 1 is 0.435 bits per heavy atom. The average molecular weight is 882 g/mol. The van der Waals surface area contributed by atoms with Crippen LogP contribution in [0.3, 0.4) is 0 Å². The van der Waals surface area contributed by atoms with Crippen molar-refractivity contribution in [2.45, 2.75) is 155 Å². The molecule has 0 fully saturated rings. The number of hydroxylamine groups is 8. The zero-order valence-corrected chi connectivity index (χ0v) is 36.8. The van der Waals surface area contributed by atoms with Crippen molar-refractivity contribution < 1.29 is 54.4 Å². The van der Waals surface area contributed by atoms with Crippen LogP contribution in [0.15, 0.2) is 9.59 Å². The number of nitrogens with one attached hydrogen (secondary N) is 3. The van der Waals surface area contributed by atoms with Gasteiger partial charge in [-0.2, -0.15) is 0 Å². The quantitative estimate of drug-likeness (QED) is 0.0215. The van der Waals surface area contributed by atoms with E-state index in [9.17, 15) is 64.0 Å². The van der Waals surface area contributed by atoms with Crippen LogP contribution in [0.1, 0.15) is 155 Å². The Morgan fingerprint density at radius 3 is 1.24 bits per heavy atom. The van der Waals surface area contributed by atoms with Gasteiger partial charge in [-0.3, -0.25) is 64.0 Å². The van der Waals surface area contributed by atoms with Gasteiger partial charge < -0.3 is 16.0 Å². The topological polar surface area (TPSA) is 284 Å². The van der Waals surface area contributed by atoms with Gasteiger partial charge in [-0.05, 0) is 71.1 Å². The number of carbonyl (C=O) groups excluding carboxylic acids is 7. The molecular formula is C42H71N7O13. The lowest BCUT2D eigenvalue weighted by molar-refractivity contribution is -0.166. The maximum atomic E-state index is 12.2. The first-order valence-corrected chi connectivity index (χ1v) is 22.1. The molecule has 0 radical (unpaired) electrons. The molecule has 20 heteroatoms. The summed E-state index contributed by atoms with van der Waals surface area (Å²) in [5, 5.41) is 50.3. The molecule has 352 valence electrons. The van der Waals surface area contributed by atoms with Gasteiger partial charge in [-0.1, -0.05) is 25.7 Å². The minimum atomic E-state index is -0.584. The standard InChI is InChI=1S/C42H71N7O13/c1-3-43-39-40(42(58)41(39)57)45-27-13-9-17-31-48(61)37(55)24-21-34(52)19-11-5-7-15-29-49(62)38(56)25-22-35(53)44-26-12-8-16-30-47(60)36(54)23-20-33(51)18-10-4-6-14-28-46(59)32(2)50/h43,45,59-62H,3-31H2,1-2H3,(H,44,53). The second kappa shape index (κ2) is 32.9. The highest BCUT2D eigenvalue weighted by Crippen LogP contribution is 2.14. The summed E-state index contributed by atoms with van der Waals surface area (Å²) in [7, 11) is 0. The van der Waals surface area contributed by atoms with Crippen molar-refractivity contribution in [3.8, 4) is 0 Å². The number of amides is 5. The lowest BCUT2D eigenvalue weighted by Crippen LogP contribution is -2.37. The molecule has 0 spiro atoms. The second-order valence-electron chi connectivity index (χ2n) is 15.4. The Labute approximate surface area is 363 Å². The number of anilines is 2. The third-order valence-corrected chi connectivity index (χ3v) is 10.2. The van der Waals surface area contributed by atoms with Gasteiger partial charge >= 0.3 is 0 Å². The predicted molar refractivity (Wildman–Crippen MR) is 228 cm³/mol. The highest BCUT2D eigenvalue weighted by Gasteiger charge is 2.20. The van der Waals surface area contributed by atoms with Crippen molar-refractivity contribution >= 4 is 52.5 Å². The molecule has 5 amide bonds. The fourth-order valence-electron chi connectivity index (χ4n) is 6.32. The zero-order chi connectivity index (χ0) is 46.3. The van der Waals surface area contributed by atoms with Crippen LogP contribution >= 0.6 is 0 Å². The molecule has 0 bridgehead atoms. The Morgan fingerprint density at radius 2 is 0.806 bits per heavy atom. The molecule has 7 N–H and O–H groups in total. The Kier molecular flexibility index (Phi) is 29.3. The normalized spacial score (nSPS) is 10.9. The Bertz CT molecular complexity index is 1620. The number of Topliss-reactive ketones (excluding diaryl/α,β-unsaturated/α-hetero) is 2. The van der Waals surface area contributed by atoms with Gasteiger partial charge in [0.2, 0.25) is 29.5 Å². The van der Waals surface area contributed by atoms with E-state index in [0.717, 1.165) is 12.8 Å². The fraction of sp³-hybridized carbons (Fsp3) is 0.738. The Balaban J connectivity index is 2.01. The lowest BCUT2D eigenvalue weighted by atomic mass is 10.1. The summed E-state index contributed by atoms with van der Waals surface area (Å²) in [6.45, 7) is 4.97. The molecule has 1 aromatic carbocycles. The fourth-order valence-corrected chi connectivity index (χ4v) is 6.32. The third-order valence-electron chi connectivity index (χ3n) is 10.2. The van der Waals surface area contributed by atoms with Crippen molar-refractivity contribution in [3.63, 3.8) is 0 Å². The number of ketones is 2. The van der Waals surface area contributed by atoms with E-state index < -0.39 is 34.5 Å². The maximum Gasteiger partial charge on any atom is 0.253 e. The van der Waals surface area contributed by atoms with Crippen LogP contribution in [0, 0.1) is 0 Å². The summed E-state index contributed by atoms with van der Waals surface area (Å²) in [5.74, 6) is -2.60. The lowest BCUT2D eigenvalue weighted by Gasteiger charge is -2.15. The average Bonchev–Trinajstić information content (AvgIpc) is 3.25. The number of rotatable bonds is 38. The summed E-state index contributed by atoms with van der Waals surface area (Å²) in [6.07, 6.45) is 8.92. The highest BCUT2D eigenvalue weighted by atomic mass is 16.5. The first-order valence-electron chi connectivity index (χ1n) is 22.1. The van der Waals surface area contributed by atoms with E-state index in [4.69, 9.17) is 0 Å². The van der Waals surface area contributed by atoms with Gasteiger partial charge in [0, 0.05) is 104 Å². The molecule has 1 aromatic rings. The highest BCUT2D eigenvalue weighted by molar-refractivity contribution is 5.85. The van der Waals surface area contributed by atoms with E-state index in [1.54, 1.807) is 0 Å². The van der Waals surface area contributed by atoms with Crippen LogP contribution in [0.5, 0.6) is 0 Å². The van der Waals surface area contributed by atoms with Gasteiger partial charge in [-0.15, -0.1) is 0 Å². The number of nitrogens with zero attached hydrogens (tertiary/aromatic N) is 4. The SMILES string of the molecule is CCNc1c(NCCCCCN(O)C(=O)CCC(=O)CCCCCCN(O)C(=O)CCC(=O)NCCCCCN(O)C(=O)CCC(=O)CCCCCCN(O)C(C)=O)c(=O)c1=O. The number of hydrogen-bond acceptors (Lipinski definition) is 15. The minimum absolute atomic E-state index is 0.0150. The summed E-state index contributed by atoms with van der Waals surface area (Å²) >= 11 is 0. The number of hydrogen-bond donors (Lipinski definition) is 7. The molecule has 0 aliphatic carbocycles. The van der Waals surface area contributed by atoms with E-state index in [0.29, 0.717) is 135 Å². The van der Waals surface area contributed by atoms with E-state index in [1.807, 2.05) is 6.92 Å². The molecule has 0 aliphatic heterocycles. The third kappa shape index (κ3) is 24.6. The molecule has 0 aliphatic rings. The molecule has 0 unspecified atom stereocenters. The van der Waals surface area contributed by atoms with Crippen LogP contribution in [-0.2, 0) is 33.6 Å². The van der Waals surface area contributed by atoms with Crippen molar-refractivity contribution in [1.82, 2.24) is 25.6 Å². The number of unbranched alkanes of at least 4 members (excludes halogenated alkanes) is 10. The molecular weight excluding hydrogens is 810 g/mol. The monoisotopic (exact) mass is 882 g/mol. The van der Waals surface area contributed by atoms with Crippen LogP contribution in [-0.4, -0.2) is 128 Å². The van der Waals surface area contributed by atoms with E-state index in [-0.39, 0.29) is 88.6 Å². The smallest absolute Gasteiger partial charge is 0.253 e. The molecule has 0 aromatic heterocycles. The first-order chi connectivity index (χ1) is 29.6. The van der Waals surface area contributed by atoms with Gasteiger partial charge in [-0.25, -0.2) is 20.3 Å². The first kappa shape index (κ1) is 55.2. The van der Waals surface area contributed by atoms with Crippen LogP contribution in [0.2, 0.25) is 0 Å². The minimum Gasteiger partial charge on any atom is -0.380 e. The van der Waals surface area contributed by atoms with Crippen LogP contribution in [0.25, 0.3) is 0 Å². The Hall–Kier alpha value is -4.79. The van der Waals surface area contributed by atoms with Crippen molar-refractivity contribution in [3.05, 3.63) is 20.4 Å². The maximum absolute atomic E-state index is 12.2. The summed E-state index contributed by atoms with van der Waals surface area (Å²) in [6, 6.07) is 0.